The number of esters is 1. The number of nitrogens with one attached hydrogen (secondary N) is 1. The maximum Gasteiger partial charge on any atom is 0.317 e. The van der Waals surface area contributed by atoms with E-state index in [1.54, 1.807) is 6.92 Å². The first kappa shape index (κ1) is 20.2. The van der Waals surface area contributed by atoms with Crippen LogP contribution in [0.25, 0.3) is 0 Å². The number of carbonyl (C=O) groups is 2. The Morgan fingerprint density at radius 1 is 1.42 bits per heavy atom. The van der Waals surface area contributed by atoms with E-state index in [-0.39, 0.29) is 18.4 Å². The molecule has 0 spiro atoms. The van der Waals surface area contributed by atoms with Crippen LogP contribution >= 0.6 is 0 Å². The fraction of sp³-hybridized carbons (Fsp3) is 0.632. The monoisotopic (exact) mass is 362 g/mol. The number of urea groups is 1. The first-order chi connectivity index (χ1) is 12.6. The summed E-state index contributed by atoms with van der Waals surface area (Å²) in [6.07, 6.45) is 5.01. The Morgan fingerprint density at radius 2 is 2.27 bits per heavy atom. The summed E-state index contributed by atoms with van der Waals surface area (Å²) in [5.41, 5.74) is 1.09. The SMILES string of the molecule is CCOC(=O)CCNC(=O)N1CCC[C@@H](N(C)CCc2ccccn2)C1. The molecule has 2 amide bonds. The van der Waals surface area contributed by atoms with Crippen molar-refractivity contribution in [1.29, 1.82) is 0 Å². The van der Waals surface area contributed by atoms with Crippen LogP contribution in [0.3, 0.4) is 0 Å². The zero-order valence-electron chi connectivity index (χ0n) is 15.8. The summed E-state index contributed by atoms with van der Waals surface area (Å²) in [6.45, 7) is 4.84. The van der Waals surface area contributed by atoms with E-state index in [1.807, 2.05) is 29.3 Å². The van der Waals surface area contributed by atoms with Crippen molar-refractivity contribution < 1.29 is 14.3 Å². The molecule has 1 saturated heterocycles. The molecule has 0 unspecified atom stereocenters. The van der Waals surface area contributed by atoms with Crippen LogP contribution in [-0.4, -0.2) is 72.7 Å². The lowest BCUT2D eigenvalue weighted by Crippen LogP contribution is -2.52. The highest BCUT2D eigenvalue weighted by molar-refractivity contribution is 5.75. The van der Waals surface area contributed by atoms with Crippen LogP contribution < -0.4 is 5.32 Å². The normalized spacial score (nSPS) is 17.2. The third-order valence-electron chi connectivity index (χ3n) is 4.66. The van der Waals surface area contributed by atoms with E-state index in [4.69, 9.17) is 4.74 Å². The largest absolute Gasteiger partial charge is 0.466 e. The summed E-state index contributed by atoms with van der Waals surface area (Å²) >= 11 is 0. The number of ether oxygens (including phenoxy) is 1. The molecule has 1 aromatic heterocycles. The van der Waals surface area contributed by atoms with Crippen molar-refractivity contribution in [3.8, 4) is 0 Å². The first-order valence-corrected chi connectivity index (χ1v) is 9.38. The number of likely N-dealkylation sites (N-methyl/N-ethyl adjacent to an activating group) is 1. The van der Waals surface area contributed by atoms with E-state index in [0.717, 1.165) is 38.0 Å². The standard InChI is InChI=1S/C19H30N4O3/c1-3-26-18(24)9-12-21-19(25)23-13-6-8-17(15-23)22(2)14-10-16-7-4-5-11-20-16/h4-5,7,11,17H,3,6,8-10,12-15H2,1-2H3,(H,21,25)/t17-/m1/s1. The van der Waals surface area contributed by atoms with Gasteiger partial charge in [-0.3, -0.25) is 9.78 Å². The van der Waals surface area contributed by atoms with Crippen LogP contribution in [0.4, 0.5) is 4.79 Å². The van der Waals surface area contributed by atoms with Crippen molar-refractivity contribution in [3.05, 3.63) is 30.1 Å². The molecule has 26 heavy (non-hydrogen) atoms. The summed E-state index contributed by atoms with van der Waals surface area (Å²) in [6, 6.07) is 6.22. The van der Waals surface area contributed by atoms with Gasteiger partial charge in [-0.2, -0.15) is 0 Å². The smallest absolute Gasteiger partial charge is 0.317 e. The summed E-state index contributed by atoms with van der Waals surface area (Å²) in [5.74, 6) is -0.279. The molecule has 0 aliphatic carbocycles. The second-order valence-electron chi connectivity index (χ2n) is 6.58. The van der Waals surface area contributed by atoms with Gasteiger partial charge in [0.05, 0.1) is 13.0 Å². The number of hydrogen-bond acceptors (Lipinski definition) is 5. The molecule has 0 saturated carbocycles. The average molecular weight is 362 g/mol. The molecule has 7 heteroatoms. The van der Waals surface area contributed by atoms with Gasteiger partial charge in [-0.25, -0.2) is 4.79 Å². The van der Waals surface area contributed by atoms with Gasteiger partial charge < -0.3 is 19.9 Å². The van der Waals surface area contributed by atoms with Crippen LogP contribution in [0.5, 0.6) is 0 Å². The zero-order valence-corrected chi connectivity index (χ0v) is 15.8. The van der Waals surface area contributed by atoms with Crippen molar-refractivity contribution in [2.24, 2.45) is 0 Å². The number of pyridine rings is 1. The van der Waals surface area contributed by atoms with E-state index < -0.39 is 0 Å². The van der Waals surface area contributed by atoms with Gasteiger partial charge in [0.25, 0.3) is 0 Å². The number of nitrogens with zero attached hydrogens (tertiary/aromatic N) is 3. The average Bonchev–Trinajstić information content (AvgIpc) is 2.67. The predicted octanol–water partition coefficient (Wildman–Crippen LogP) is 1.68. The summed E-state index contributed by atoms with van der Waals surface area (Å²) < 4.78 is 4.87. The van der Waals surface area contributed by atoms with Crippen LogP contribution in [0.1, 0.15) is 31.9 Å². The number of aromatic nitrogens is 1. The Hall–Kier alpha value is -2.15. The highest BCUT2D eigenvalue weighted by Crippen LogP contribution is 2.15. The number of carbonyl (C=O) groups excluding carboxylic acids is 2. The second-order valence-corrected chi connectivity index (χ2v) is 6.58. The Bertz CT molecular complexity index is 567. The number of hydrogen-bond donors (Lipinski definition) is 1. The van der Waals surface area contributed by atoms with Crippen molar-refractivity contribution >= 4 is 12.0 Å². The van der Waals surface area contributed by atoms with Gasteiger partial charge in [0.1, 0.15) is 0 Å². The number of amides is 2. The maximum atomic E-state index is 12.3. The van der Waals surface area contributed by atoms with Crippen molar-refractivity contribution in [2.75, 3.05) is 39.8 Å². The second kappa shape index (κ2) is 10.8. The van der Waals surface area contributed by atoms with Crippen LogP contribution in [-0.2, 0) is 16.0 Å². The van der Waals surface area contributed by atoms with Crippen molar-refractivity contribution in [3.63, 3.8) is 0 Å². The molecule has 7 nitrogen and oxygen atoms in total. The van der Waals surface area contributed by atoms with Gasteiger partial charge in [-0.1, -0.05) is 6.07 Å². The van der Waals surface area contributed by atoms with Gasteiger partial charge in [0.2, 0.25) is 0 Å². The molecule has 1 aromatic rings. The quantitative estimate of drug-likeness (QED) is 0.712. The van der Waals surface area contributed by atoms with E-state index in [0.29, 0.717) is 25.7 Å². The van der Waals surface area contributed by atoms with Crippen LogP contribution in [0.2, 0.25) is 0 Å². The Kier molecular flexibility index (Phi) is 8.34. The van der Waals surface area contributed by atoms with E-state index in [1.165, 1.54) is 0 Å². The van der Waals surface area contributed by atoms with Crippen molar-refractivity contribution in [2.45, 2.75) is 38.6 Å². The maximum absolute atomic E-state index is 12.3. The van der Waals surface area contributed by atoms with Gasteiger partial charge in [-0.05, 0) is 38.9 Å². The van der Waals surface area contributed by atoms with E-state index >= 15 is 0 Å². The number of likely N-dealkylation sites (tertiary alicyclic amines) is 1. The minimum atomic E-state index is -0.279. The van der Waals surface area contributed by atoms with Gasteiger partial charge >= 0.3 is 12.0 Å². The van der Waals surface area contributed by atoms with Crippen molar-refractivity contribution in [1.82, 2.24) is 20.1 Å². The fourth-order valence-electron chi connectivity index (χ4n) is 3.13. The number of piperidine rings is 1. The molecule has 0 radical (unpaired) electrons. The Morgan fingerprint density at radius 3 is 3.00 bits per heavy atom. The fourth-order valence-corrected chi connectivity index (χ4v) is 3.13. The molecule has 1 aliphatic heterocycles. The summed E-state index contributed by atoms with van der Waals surface area (Å²) in [5, 5.41) is 2.82. The number of rotatable bonds is 8. The predicted molar refractivity (Wildman–Crippen MR) is 99.8 cm³/mol. The molecular formula is C19H30N4O3. The molecule has 2 rings (SSSR count). The van der Waals surface area contributed by atoms with E-state index in [2.05, 4.69) is 22.2 Å². The third kappa shape index (κ3) is 6.63. The lowest BCUT2D eigenvalue weighted by molar-refractivity contribution is -0.142. The first-order valence-electron chi connectivity index (χ1n) is 9.38. The van der Waals surface area contributed by atoms with Gasteiger partial charge in [0, 0.05) is 50.5 Å². The van der Waals surface area contributed by atoms with Gasteiger partial charge in [-0.15, -0.1) is 0 Å². The highest BCUT2D eigenvalue weighted by atomic mass is 16.5. The lowest BCUT2D eigenvalue weighted by atomic mass is 10.0. The zero-order chi connectivity index (χ0) is 18.8. The molecule has 1 fully saturated rings. The molecule has 0 bridgehead atoms. The van der Waals surface area contributed by atoms with Gasteiger partial charge in [0.15, 0.2) is 0 Å². The minimum Gasteiger partial charge on any atom is -0.466 e. The lowest BCUT2D eigenvalue weighted by Gasteiger charge is -2.37. The third-order valence-corrected chi connectivity index (χ3v) is 4.66. The molecule has 0 aromatic carbocycles. The highest BCUT2D eigenvalue weighted by Gasteiger charge is 2.26. The molecule has 1 N–H and O–H groups in total. The summed E-state index contributed by atoms with van der Waals surface area (Å²) in [4.78, 5) is 32.2. The van der Waals surface area contributed by atoms with E-state index in [9.17, 15) is 9.59 Å². The topological polar surface area (TPSA) is 74.8 Å². The Balaban J connectivity index is 1.73. The Labute approximate surface area is 155 Å². The minimum absolute atomic E-state index is 0.0999. The summed E-state index contributed by atoms with van der Waals surface area (Å²) in [7, 11) is 2.11. The molecule has 2 heterocycles. The van der Waals surface area contributed by atoms with Crippen LogP contribution in [0.15, 0.2) is 24.4 Å². The van der Waals surface area contributed by atoms with Crippen LogP contribution in [0, 0.1) is 0 Å². The molecule has 144 valence electrons. The molecule has 1 atom stereocenters. The molecular weight excluding hydrogens is 332 g/mol. The molecule has 1 aliphatic rings.